The molecule has 20 heavy (non-hydrogen) atoms. The quantitative estimate of drug-likeness (QED) is 0.920. The number of nitriles is 1. The van der Waals surface area contributed by atoms with E-state index in [2.05, 4.69) is 5.10 Å². The van der Waals surface area contributed by atoms with Gasteiger partial charge in [0, 0.05) is 11.8 Å². The number of nitrogens with zero attached hydrogens (tertiary/aromatic N) is 3. The fourth-order valence-corrected chi connectivity index (χ4v) is 1.77. The molecule has 0 radical (unpaired) electrons. The summed E-state index contributed by atoms with van der Waals surface area (Å²) < 4.78 is 38.6. The molecule has 0 saturated carbocycles. The van der Waals surface area contributed by atoms with Crippen molar-refractivity contribution >= 4 is 0 Å². The van der Waals surface area contributed by atoms with Crippen LogP contribution in [-0.2, 0) is 6.18 Å². The zero-order valence-corrected chi connectivity index (χ0v) is 10.4. The van der Waals surface area contributed by atoms with E-state index in [1.54, 1.807) is 0 Å². The average molecular weight is 281 g/mol. The van der Waals surface area contributed by atoms with Crippen LogP contribution in [0.3, 0.4) is 0 Å². The maximum atomic E-state index is 12.5. The lowest BCUT2D eigenvalue weighted by molar-refractivity contribution is -0.141. The molecule has 4 nitrogen and oxygen atoms in total. The van der Waals surface area contributed by atoms with E-state index in [0.717, 1.165) is 16.9 Å². The Balaban J connectivity index is 2.56. The normalized spacial score (nSPS) is 13.0. The number of aliphatic hydroxyl groups is 1. The van der Waals surface area contributed by atoms with Crippen molar-refractivity contribution in [2.24, 2.45) is 0 Å². The molecule has 0 unspecified atom stereocenters. The highest BCUT2D eigenvalue weighted by atomic mass is 19.4. The van der Waals surface area contributed by atoms with Crippen molar-refractivity contribution in [1.82, 2.24) is 9.78 Å². The highest BCUT2D eigenvalue weighted by molar-refractivity contribution is 5.48. The number of hydrogen-bond acceptors (Lipinski definition) is 3. The first-order valence-corrected chi connectivity index (χ1v) is 5.68. The molecule has 0 spiro atoms. The van der Waals surface area contributed by atoms with E-state index >= 15 is 0 Å². The molecule has 1 N–H and O–H groups in total. The predicted octanol–water partition coefficient (Wildman–Crippen LogP) is 2.82. The molecule has 2 rings (SSSR count). The minimum atomic E-state index is -4.54. The van der Waals surface area contributed by atoms with Crippen LogP contribution in [0.25, 0.3) is 5.69 Å². The van der Waals surface area contributed by atoms with Gasteiger partial charge in [0.2, 0.25) is 0 Å². The maximum absolute atomic E-state index is 12.5. The summed E-state index contributed by atoms with van der Waals surface area (Å²) in [6.45, 7) is 1.49. The van der Waals surface area contributed by atoms with Gasteiger partial charge in [0.1, 0.15) is 0 Å². The molecule has 0 aliphatic rings. The Hall–Kier alpha value is -2.33. The number of alkyl halides is 3. The minimum absolute atomic E-state index is 0.245. The summed E-state index contributed by atoms with van der Waals surface area (Å²) in [6.07, 6.45) is -4.29. The summed E-state index contributed by atoms with van der Waals surface area (Å²) in [7, 11) is 0. The molecule has 0 saturated heterocycles. The lowest BCUT2D eigenvalue weighted by atomic mass is 10.1. The average Bonchev–Trinajstić information content (AvgIpc) is 2.87. The van der Waals surface area contributed by atoms with Gasteiger partial charge in [-0.15, -0.1) is 0 Å². The second-order valence-corrected chi connectivity index (χ2v) is 4.20. The summed E-state index contributed by atoms with van der Waals surface area (Å²) in [5.74, 6) is 0. The van der Waals surface area contributed by atoms with Gasteiger partial charge in [0.15, 0.2) is 5.69 Å². The molecule has 1 atom stereocenters. The summed E-state index contributed by atoms with van der Waals surface area (Å²) in [6, 6.07) is 7.10. The molecule has 0 fully saturated rings. The van der Waals surface area contributed by atoms with Gasteiger partial charge >= 0.3 is 6.18 Å². The fourth-order valence-electron chi connectivity index (χ4n) is 1.77. The third-order valence-electron chi connectivity index (χ3n) is 2.74. The van der Waals surface area contributed by atoms with Crippen molar-refractivity contribution in [3.05, 3.63) is 47.3 Å². The molecule has 0 aliphatic carbocycles. The molecule has 1 heterocycles. The van der Waals surface area contributed by atoms with Gasteiger partial charge in [-0.2, -0.15) is 23.5 Å². The topological polar surface area (TPSA) is 61.8 Å². The van der Waals surface area contributed by atoms with Crippen LogP contribution in [0.1, 0.15) is 29.8 Å². The van der Waals surface area contributed by atoms with Crippen molar-refractivity contribution in [3.63, 3.8) is 0 Å². The van der Waals surface area contributed by atoms with Gasteiger partial charge < -0.3 is 5.11 Å². The van der Waals surface area contributed by atoms with E-state index in [4.69, 9.17) is 5.26 Å². The van der Waals surface area contributed by atoms with E-state index in [1.807, 2.05) is 6.07 Å². The number of rotatable bonds is 2. The number of hydrogen-bond donors (Lipinski definition) is 1. The summed E-state index contributed by atoms with van der Waals surface area (Å²) in [5.41, 5.74) is -0.125. The maximum Gasteiger partial charge on any atom is 0.435 e. The van der Waals surface area contributed by atoms with Gasteiger partial charge in [0.25, 0.3) is 0 Å². The van der Waals surface area contributed by atoms with E-state index in [-0.39, 0.29) is 11.3 Å². The smallest absolute Gasteiger partial charge is 0.389 e. The van der Waals surface area contributed by atoms with Crippen LogP contribution >= 0.6 is 0 Å². The van der Waals surface area contributed by atoms with E-state index < -0.39 is 18.0 Å². The largest absolute Gasteiger partial charge is 0.435 e. The Kier molecular flexibility index (Phi) is 3.51. The zero-order chi connectivity index (χ0) is 14.9. The van der Waals surface area contributed by atoms with E-state index in [0.29, 0.717) is 5.56 Å². The monoisotopic (exact) mass is 281 g/mol. The molecule has 0 bridgehead atoms. The van der Waals surface area contributed by atoms with Crippen LogP contribution in [-0.4, -0.2) is 14.9 Å². The Bertz CT molecular complexity index is 668. The predicted molar refractivity (Wildman–Crippen MR) is 63.9 cm³/mol. The third-order valence-corrected chi connectivity index (χ3v) is 2.74. The standard InChI is InChI=1S/C13H10F3N3O/c1-8(20)10-3-2-9(7-17)6-11(10)19-5-4-12(18-19)13(14,15)16/h2-6,8,20H,1H3/t8-/m1/s1. The lowest BCUT2D eigenvalue weighted by Gasteiger charge is -2.12. The zero-order valence-electron chi connectivity index (χ0n) is 10.4. The van der Waals surface area contributed by atoms with Crippen molar-refractivity contribution in [3.8, 4) is 11.8 Å². The molecule has 1 aromatic heterocycles. The van der Waals surface area contributed by atoms with Gasteiger partial charge in [0.05, 0.1) is 23.4 Å². The first-order chi connectivity index (χ1) is 9.32. The third kappa shape index (κ3) is 2.65. The van der Waals surface area contributed by atoms with Crippen LogP contribution < -0.4 is 0 Å². The van der Waals surface area contributed by atoms with Crippen molar-refractivity contribution in [2.45, 2.75) is 19.2 Å². The van der Waals surface area contributed by atoms with Crippen molar-refractivity contribution < 1.29 is 18.3 Å². The number of benzene rings is 1. The highest BCUT2D eigenvalue weighted by Crippen LogP contribution is 2.29. The fraction of sp³-hybridized carbons (Fsp3) is 0.231. The summed E-state index contributed by atoms with van der Waals surface area (Å²) in [4.78, 5) is 0. The van der Waals surface area contributed by atoms with Gasteiger partial charge in [-0.25, -0.2) is 4.68 Å². The first kappa shape index (κ1) is 14.1. The molecular weight excluding hydrogens is 271 g/mol. The Morgan fingerprint density at radius 1 is 1.35 bits per heavy atom. The van der Waals surface area contributed by atoms with Gasteiger partial charge in [-0.1, -0.05) is 6.07 Å². The molecule has 7 heteroatoms. The number of aromatic nitrogens is 2. The van der Waals surface area contributed by atoms with Crippen LogP contribution in [0.4, 0.5) is 13.2 Å². The van der Waals surface area contributed by atoms with Crippen LogP contribution in [0.15, 0.2) is 30.5 Å². The second-order valence-electron chi connectivity index (χ2n) is 4.20. The van der Waals surface area contributed by atoms with E-state index in [9.17, 15) is 18.3 Å². The number of halogens is 3. The summed E-state index contributed by atoms with van der Waals surface area (Å²) in [5, 5.41) is 21.9. The highest BCUT2D eigenvalue weighted by Gasteiger charge is 2.33. The summed E-state index contributed by atoms with van der Waals surface area (Å²) >= 11 is 0. The minimum Gasteiger partial charge on any atom is -0.389 e. The molecule has 1 aromatic carbocycles. The molecule has 0 amide bonds. The molecule has 104 valence electrons. The Morgan fingerprint density at radius 2 is 2.05 bits per heavy atom. The lowest BCUT2D eigenvalue weighted by Crippen LogP contribution is -2.09. The number of aliphatic hydroxyl groups excluding tert-OH is 1. The SMILES string of the molecule is C[C@@H](O)c1ccc(C#N)cc1-n1ccc(C(F)(F)F)n1. The first-order valence-electron chi connectivity index (χ1n) is 5.68. The molecular formula is C13H10F3N3O. The van der Waals surface area contributed by atoms with Gasteiger partial charge in [-0.3, -0.25) is 0 Å². The van der Waals surface area contributed by atoms with E-state index in [1.165, 1.54) is 25.1 Å². The second kappa shape index (κ2) is 4.98. The Morgan fingerprint density at radius 3 is 2.55 bits per heavy atom. The van der Waals surface area contributed by atoms with Crippen LogP contribution in [0, 0.1) is 11.3 Å². The van der Waals surface area contributed by atoms with Crippen LogP contribution in [0.2, 0.25) is 0 Å². The Labute approximate surface area is 112 Å². The van der Waals surface area contributed by atoms with Crippen molar-refractivity contribution in [2.75, 3.05) is 0 Å². The molecule has 0 aliphatic heterocycles. The molecule has 2 aromatic rings. The van der Waals surface area contributed by atoms with Crippen LogP contribution in [0.5, 0.6) is 0 Å². The van der Waals surface area contributed by atoms with Crippen molar-refractivity contribution in [1.29, 1.82) is 5.26 Å². The van der Waals surface area contributed by atoms with Gasteiger partial charge in [-0.05, 0) is 25.1 Å².